The van der Waals surface area contributed by atoms with Crippen LogP contribution in [0.5, 0.6) is 0 Å². The molecule has 0 saturated carbocycles. The highest BCUT2D eigenvalue weighted by molar-refractivity contribution is 7.99. The monoisotopic (exact) mass is 846 g/mol. The maximum absolute atomic E-state index is 14.4. The van der Waals surface area contributed by atoms with Crippen molar-refractivity contribution in [2.24, 2.45) is 0 Å². The average molecular weight is 847 g/mol. The fourth-order valence-electron chi connectivity index (χ4n) is 7.70. The molecule has 0 spiro atoms. The van der Waals surface area contributed by atoms with E-state index in [0.717, 1.165) is 50.1 Å². The predicted octanol–water partition coefficient (Wildman–Crippen LogP) is 12.6. The first kappa shape index (κ1) is 41.2. The second kappa shape index (κ2) is 18.4. The van der Waals surface area contributed by atoms with Crippen LogP contribution >= 0.6 is 23.5 Å². The molecule has 8 rings (SSSR count). The molecule has 2 aliphatic rings. The van der Waals surface area contributed by atoms with Gasteiger partial charge in [-0.1, -0.05) is 117 Å². The summed E-state index contributed by atoms with van der Waals surface area (Å²) >= 11 is 3.54. The third-order valence-corrected chi connectivity index (χ3v) is 14.9. The van der Waals surface area contributed by atoms with E-state index >= 15 is 0 Å². The molecular formula is C51H48N3O3S3+. The van der Waals surface area contributed by atoms with Gasteiger partial charge in [-0.2, -0.15) is 8.88 Å². The summed E-state index contributed by atoms with van der Waals surface area (Å²) in [5, 5.41) is 1.80. The molecule has 60 heavy (non-hydrogen) atoms. The van der Waals surface area contributed by atoms with E-state index in [1.807, 2.05) is 44.2 Å². The summed E-state index contributed by atoms with van der Waals surface area (Å²) in [5.41, 5.74) is 8.44. The molecular weight excluding hydrogens is 799 g/mol. The number of anilines is 2. The molecule has 0 radical (unpaired) electrons. The first-order chi connectivity index (χ1) is 29.3. The van der Waals surface area contributed by atoms with Crippen molar-refractivity contribution in [1.82, 2.24) is 8.88 Å². The molecule has 0 saturated heterocycles. The molecule has 0 unspecified atom stereocenters. The topological polar surface area (TPSA) is 56.8 Å². The molecule has 0 fully saturated rings. The number of para-hydroxylation sites is 2. The largest absolute Gasteiger partial charge is 0.456 e. The van der Waals surface area contributed by atoms with Gasteiger partial charge in [-0.15, -0.1) is 11.8 Å². The summed E-state index contributed by atoms with van der Waals surface area (Å²) in [6.45, 7) is 8.78. The van der Waals surface area contributed by atoms with Crippen LogP contribution < -0.4 is 14.8 Å². The zero-order valence-corrected chi connectivity index (χ0v) is 36.7. The zero-order valence-electron chi connectivity index (χ0n) is 34.3. The summed E-state index contributed by atoms with van der Waals surface area (Å²) in [7, 11) is -3.83. The van der Waals surface area contributed by atoms with E-state index in [4.69, 9.17) is 4.42 Å². The number of fused-ring (bicyclic) bond motifs is 2. The van der Waals surface area contributed by atoms with Crippen molar-refractivity contribution in [3.8, 4) is 22.5 Å². The van der Waals surface area contributed by atoms with E-state index in [1.54, 1.807) is 29.6 Å². The predicted molar refractivity (Wildman–Crippen MR) is 252 cm³/mol. The van der Waals surface area contributed by atoms with Gasteiger partial charge < -0.3 is 9.32 Å². The molecule has 0 N–H and O–H groups in total. The maximum atomic E-state index is 14.4. The van der Waals surface area contributed by atoms with Crippen LogP contribution in [-0.2, 0) is 10.0 Å². The molecule has 302 valence electrons. The molecule has 0 atom stereocenters. The molecule has 6 nitrogen and oxygen atoms in total. The van der Waals surface area contributed by atoms with Gasteiger partial charge in [-0.3, -0.25) is 0 Å². The Bertz CT molecular complexity index is 2910. The van der Waals surface area contributed by atoms with Gasteiger partial charge in [0.1, 0.15) is 11.3 Å². The summed E-state index contributed by atoms with van der Waals surface area (Å²) in [5.74, 6) is 1.99. The standard InChI is InChI=1S/C51H48N3O3S3/c1-5-52(6-2)60(55,56)50-28-18-15-25-45(50)51-43-31-29-39(53(46-26-16-13-19-37(46)3)35-58-41-21-9-7-10-22-41)33-48(43)57-49-34-40(30-32-44(49)51)54(47-27-17-14-20-38(47)4)36-59-42-23-11-8-12-24-42/h7-34H,5-6,35-36H2,1-4H3/q+1. The minimum absolute atomic E-state index is 0.275. The first-order valence-electron chi connectivity index (χ1n) is 20.2. The second-order valence-corrected chi connectivity index (χ2v) is 18.5. The van der Waals surface area contributed by atoms with Gasteiger partial charge in [0.25, 0.3) is 0 Å². The maximum Gasteiger partial charge on any atom is 0.243 e. The Hall–Kier alpha value is -5.58. The van der Waals surface area contributed by atoms with Crippen molar-refractivity contribution in [2.45, 2.75) is 42.4 Å². The quantitative estimate of drug-likeness (QED) is 0.0470. The van der Waals surface area contributed by atoms with Crippen LogP contribution in [0.15, 0.2) is 189 Å². The van der Waals surface area contributed by atoms with Crippen LogP contribution in [-0.4, -0.2) is 37.6 Å². The summed E-state index contributed by atoms with van der Waals surface area (Å²) in [6, 6.07) is 57.8. The molecule has 9 heteroatoms. The highest BCUT2D eigenvalue weighted by Gasteiger charge is 2.29. The van der Waals surface area contributed by atoms with Gasteiger partial charge >= 0.3 is 0 Å². The van der Waals surface area contributed by atoms with Crippen molar-refractivity contribution in [2.75, 3.05) is 29.7 Å². The molecule has 0 aromatic heterocycles. The third kappa shape index (κ3) is 8.54. The Balaban J connectivity index is 1.39. The van der Waals surface area contributed by atoms with Crippen LogP contribution in [0.3, 0.4) is 0 Å². The van der Waals surface area contributed by atoms with Gasteiger partial charge in [0.2, 0.25) is 21.1 Å². The van der Waals surface area contributed by atoms with Gasteiger partial charge in [0.05, 0.1) is 16.8 Å². The molecule has 0 bridgehead atoms. The molecule has 6 aromatic carbocycles. The second-order valence-electron chi connectivity index (χ2n) is 14.5. The molecule has 1 aliphatic heterocycles. The number of benzene rings is 7. The van der Waals surface area contributed by atoms with E-state index in [1.165, 1.54) is 14.1 Å². The van der Waals surface area contributed by atoms with Crippen molar-refractivity contribution in [3.63, 3.8) is 0 Å². The molecule has 6 aromatic rings. The van der Waals surface area contributed by atoms with E-state index in [0.29, 0.717) is 41.7 Å². The Morgan fingerprint density at radius 1 is 0.617 bits per heavy atom. The molecule has 1 heterocycles. The van der Waals surface area contributed by atoms with Crippen molar-refractivity contribution in [3.05, 3.63) is 186 Å². The van der Waals surface area contributed by atoms with Gasteiger partial charge in [0.15, 0.2) is 5.88 Å². The number of sulfonamides is 1. The van der Waals surface area contributed by atoms with Gasteiger partial charge in [-0.05, 0) is 74.0 Å². The number of hydrogen-bond donors (Lipinski definition) is 0. The normalized spacial score (nSPS) is 12.3. The van der Waals surface area contributed by atoms with Crippen molar-refractivity contribution < 1.29 is 12.8 Å². The highest BCUT2D eigenvalue weighted by Crippen LogP contribution is 2.44. The summed E-state index contributed by atoms with van der Waals surface area (Å²) < 4.78 is 39.7. The SMILES string of the molecule is CCN(CC)S(=O)(=O)c1ccccc1-c1c2cc/c(=[N+](/CSc3ccccc3)c3ccccc3C)cc-2oc2cc(N(CSc3ccccc3)c3ccccc3C)ccc12. The Labute approximate surface area is 362 Å². The van der Waals surface area contributed by atoms with Crippen LogP contribution in [0.1, 0.15) is 25.0 Å². The first-order valence-corrected chi connectivity index (χ1v) is 23.6. The van der Waals surface area contributed by atoms with E-state index in [-0.39, 0.29) is 4.90 Å². The molecule has 1 aliphatic carbocycles. The number of aryl methyl sites for hydroxylation is 2. The number of rotatable bonds is 14. The lowest BCUT2D eigenvalue weighted by Crippen LogP contribution is -2.31. The Morgan fingerprint density at radius 2 is 1.25 bits per heavy atom. The molecule has 0 amide bonds. The zero-order chi connectivity index (χ0) is 41.6. The summed E-state index contributed by atoms with van der Waals surface area (Å²) in [4.78, 5) is 4.95. The Morgan fingerprint density at radius 3 is 1.95 bits per heavy atom. The fourth-order valence-corrected chi connectivity index (χ4v) is 11.2. The van der Waals surface area contributed by atoms with Gasteiger partial charge in [0, 0.05) is 80.1 Å². The van der Waals surface area contributed by atoms with Crippen LogP contribution in [0.25, 0.3) is 33.4 Å². The minimum Gasteiger partial charge on any atom is -0.456 e. The van der Waals surface area contributed by atoms with Crippen molar-refractivity contribution >= 4 is 61.6 Å². The fraction of sp³-hybridized carbons (Fsp3) is 0.157. The number of nitrogens with zero attached hydrogens (tertiary/aromatic N) is 3. The van der Waals surface area contributed by atoms with Crippen LogP contribution in [0.4, 0.5) is 17.1 Å². The van der Waals surface area contributed by atoms with E-state index < -0.39 is 10.0 Å². The number of hydrogen-bond acceptors (Lipinski definition) is 6. The van der Waals surface area contributed by atoms with Crippen LogP contribution in [0, 0.1) is 13.8 Å². The lowest BCUT2D eigenvalue weighted by molar-refractivity contribution is 0.445. The van der Waals surface area contributed by atoms with Crippen LogP contribution in [0.2, 0.25) is 0 Å². The Kier molecular flexibility index (Phi) is 12.6. The third-order valence-electron chi connectivity index (χ3n) is 10.8. The minimum atomic E-state index is -3.83. The smallest absolute Gasteiger partial charge is 0.243 e. The van der Waals surface area contributed by atoms with Gasteiger partial charge in [-0.25, -0.2) is 8.42 Å². The average Bonchev–Trinajstić information content (AvgIpc) is 3.27. The van der Waals surface area contributed by atoms with E-state index in [9.17, 15) is 8.42 Å². The van der Waals surface area contributed by atoms with E-state index in [2.05, 4.69) is 157 Å². The number of thioether (sulfide) groups is 2. The lowest BCUT2D eigenvalue weighted by Gasteiger charge is -2.27. The lowest BCUT2D eigenvalue weighted by atomic mass is 9.93. The highest BCUT2D eigenvalue weighted by atomic mass is 32.2. The summed E-state index contributed by atoms with van der Waals surface area (Å²) in [6.07, 6.45) is 0. The van der Waals surface area contributed by atoms with Crippen molar-refractivity contribution in [1.29, 1.82) is 0 Å².